The van der Waals surface area contributed by atoms with Crippen LogP contribution in [0.1, 0.15) is 0 Å². The maximum atomic E-state index is 8.49. The van der Waals surface area contributed by atoms with Gasteiger partial charge < -0.3 is 0 Å². The Morgan fingerprint density at radius 3 is 0.512 bits per heavy atom. The average molecular weight is 752 g/mol. The van der Waals surface area contributed by atoms with Crippen LogP contribution in [0.3, 0.4) is 0 Å². The van der Waals surface area contributed by atoms with Gasteiger partial charge in [-0.2, -0.15) is 0 Å². The molecule has 6 rings (SSSR count). The first-order valence-electron chi connectivity index (χ1n) is 13.1. The van der Waals surface area contributed by atoms with Crippen molar-refractivity contribution in [3.63, 3.8) is 0 Å². The molecular weight excluding hydrogens is 721 g/mol. The van der Waals surface area contributed by atoms with Crippen molar-refractivity contribution in [3.8, 4) is 0 Å². The summed E-state index contributed by atoms with van der Waals surface area (Å²) in [6.45, 7) is 0. The maximum Gasteiger partial charge on any atom is -0.0134 e. The first kappa shape index (κ1) is 30.4. The minimum atomic E-state index is -1.92. The third-order valence-electron chi connectivity index (χ3n) is 6.09. The van der Waals surface area contributed by atoms with Gasteiger partial charge >= 0.3 is 25.3 Å². The molecule has 41 heavy (non-hydrogen) atoms. The molecule has 0 bridgehead atoms. The second-order valence-electron chi connectivity index (χ2n) is 8.74. The van der Waals surface area contributed by atoms with Gasteiger partial charge in [-0.05, 0) is 47.7 Å². The van der Waals surface area contributed by atoms with E-state index in [1.165, 1.54) is 31.8 Å². The molecule has 0 aromatic heterocycles. The van der Waals surface area contributed by atoms with Crippen LogP contribution in [0.5, 0.6) is 0 Å². The van der Waals surface area contributed by atoms with E-state index in [0.717, 1.165) is 0 Å². The van der Waals surface area contributed by atoms with Crippen molar-refractivity contribution in [2.45, 2.75) is 0 Å². The fourth-order valence-electron chi connectivity index (χ4n) is 4.36. The molecule has 206 valence electrons. The first-order chi connectivity index (χ1) is 20.3. The largest absolute Gasteiger partial charge is 0.0622 e. The van der Waals surface area contributed by atoms with Crippen molar-refractivity contribution in [2.75, 3.05) is 0 Å². The first-order valence-corrected chi connectivity index (χ1v) is 17.6. The summed E-state index contributed by atoms with van der Waals surface area (Å²) >= 11 is -1.92. The van der Waals surface area contributed by atoms with E-state index in [9.17, 15) is 0 Å². The summed E-state index contributed by atoms with van der Waals surface area (Å²) in [7, 11) is -0.892. The van der Waals surface area contributed by atoms with Gasteiger partial charge in [0.1, 0.15) is 0 Å². The van der Waals surface area contributed by atoms with Crippen molar-refractivity contribution < 1.29 is 25.3 Å². The summed E-state index contributed by atoms with van der Waals surface area (Å²) in [4.78, 5) is 0. The minimum Gasteiger partial charge on any atom is -0.0622 e. The Balaban J connectivity index is 0.000000173. The Morgan fingerprint density at radius 1 is 0.268 bits per heavy atom. The van der Waals surface area contributed by atoms with Crippen molar-refractivity contribution in [1.29, 1.82) is 0 Å². The van der Waals surface area contributed by atoms with E-state index in [-0.39, 0.29) is 0 Å². The molecule has 0 N–H and O–H groups in total. The number of benzene rings is 6. The van der Waals surface area contributed by atoms with Crippen molar-refractivity contribution in [1.82, 2.24) is 0 Å². The van der Waals surface area contributed by atoms with Crippen LogP contribution in [0.4, 0.5) is 0 Å². The van der Waals surface area contributed by atoms with Gasteiger partial charge in [0, 0.05) is 0 Å². The molecule has 0 saturated heterocycles. The van der Waals surface area contributed by atoms with Crippen molar-refractivity contribution >= 4 is 47.7 Å². The zero-order valence-electron chi connectivity index (χ0n) is 22.3. The fourth-order valence-corrected chi connectivity index (χ4v) is 8.97. The van der Waals surface area contributed by atoms with E-state index in [4.69, 9.17) is 6.80 Å². The van der Waals surface area contributed by atoms with E-state index in [2.05, 4.69) is 182 Å². The van der Waals surface area contributed by atoms with E-state index >= 15 is 0 Å². The molecule has 0 aliphatic carbocycles. The van der Waals surface area contributed by atoms with Crippen LogP contribution in [-0.2, 0) is 25.3 Å². The Kier molecular flexibility index (Phi) is 12.9. The molecular formula is C36H30O2P2Pt. The third-order valence-corrected chi connectivity index (χ3v) is 11.0. The molecule has 0 amide bonds. The van der Waals surface area contributed by atoms with E-state index < -0.39 is 34.3 Å². The Hall–Kier alpha value is -3.53. The molecule has 0 aliphatic heterocycles. The van der Waals surface area contributed by atoms with Crippen LogP contribution < -0.4 is 31.8 Å². The summed E-state index contributed by atoms with van der Waals surface area (Å²) in [5.74, 6) is 0. The molecule has 2 nitrogen and oxygen atoms in total. The number of hydrogen-bond acceptors (Lipinski definition) is 2. The summed E-state index contributed by atoms with van der Waals surface area (Å²) in [5.41, 5.74) is 0. The van der Waals surface area contributed by atoms with Crippen LogP contribution in [0.15, 0.2) is 182 Å². The Labute approximate surface area is 253 Å². The average Bonchev–Trinajstić information content (AvgIpc) is 3.05. The van der Waals surface area contributed by atoms with Gasteiger partial charge in [-0.3, -0.25) is 0 Å². The summed E-state index contributed by atoms with van der Waals surface area (Å²) in [5, 5.41) is 8.39. The quantitative estimate of drug-likeness (QED) is 0.179. The van der Waals surface area contributed by atoms with Gasteiger partial charge in [0.25, 0.3) is 0 Å². The van der Waals surface area contributed by atoms with Crippen LogP contribution in [0.25, 0.3) is 0 Å². The predicted octanol–water partition coefficient (Wildman–Crippen LogP) is 6.65. The summed E-state index contributed by atoms with van der Waals surface area (Å²) < 4.78 is 17.0. The van der Waals surface area contributed by atoms with Gasteiger partial charge in [-0.25, -0.2) is 0 Å². The molecule has 0 saturated carbocycles. The van der Waals surface area contributed by atoms with Gasteiger partial charge in [0.15, 0.2) is 0 Å². The SMILES string of the molecule is [O]=[Pt]=[O].c1ccc(P(c2ccccc2)c2ccccc2)cc1.c1ccc(P(c2ccccc2)c2ccccc2)cc1. The van der Waals surface area contributed by atoms with Gasteiger partial charge in [0.05, 0.1) is 0 Å². The second-order valence-corrected chi connectivity index (χ2v) is 13.6. The topological polar surface area (TPSA) is 34.1 Å². The summed E-state index contributed by atoms with van der Waals surface area (Å²) in [6, 6.07) is 64.7. The number of rotatable bonds is 6. The molecule has 0 atom stereocenters. The number of hydrogen-bond donors (Lipinski definition) is 0. The molecule has 5 heteroatoms. The van der Waals surface area contributed by atoms with Gasteiger partial charge in [0.2, 0.25) is 0 Å². The third kappa shape index (κ3) is 9.24. The molecule has 0 unspecified atom stereocenters. The molecule has 0 radical (unpaired) electrons. The van der Waals surface area contributed by atoms with Crippen LogP contribution in [0.2, 0.25) is 0 Å². The van der Waals surface area contributed by atoms with E-state index in [0.29, 0.717) is 0 Å². The van der Waals surface area contributed by atoms with Crippen molar-refractivity contribution in [3.05, 3.63) is 182 Å². The minimum absolute atomic E-state index is 0.446. The smallest absolute Gasteiger partial charge is 0.0134 e. The van der Waals surface area contributed by atoms with Gasteiger partial charge in [-0.1, -0.05) is 182 Å². The predicted molar refractivity (Wildman–Crippen MR) is 172 cm³/mol. The summed E-state index contributed by atoms with van der Waals surface area (Å²) in [6.07, 6.45) is 0. The van der Waals surface area contributed by atoms with Crippen LogP contribution >= 0.6 is 15.8 Å². The monoisotopic (exact) mass is 751 g/mol. The fraction of sp³-hybridized carbons (Fsp3) is 0. The van der Waals surface area contributed by atoms with E-state index in [1.807, 2.05) is 0 Å². The second kappa shape index (κ2) is 17.3. The normalized spacial score (nSPS) is 10.3. The standard InChI is InChI=1S/2C18H15P.2O.Pt/c2*1-4-10-16(11-5-1)19(17-12-6-2-7-13-17)18-14-8-3-9-15-18;;;/h2*1-15H;;;. The van der Waals surface area contributed by atoms with Crippen molar-refractivity contribution in [2.24, 2.45) is 0 Å². The molecule has 0 fully saturated rings. The Morgan fingerprint density at radius 2 is 0.390 bits per heavy atom. The zero-order chi connectivity index (χ0) is 28.5. The molecule has 0 heterocycles. The van der Waals surface area contributed by atoms with Crippen LogP contribution in [0, 0.1) is 0 Å². The molecule has 6 aromatic rings. The Bertz CT molecular complexity index is 1270. The molecule has 6 aromatic carbocycles. The maximum absolute atomic E-state index is 8.49. The molecule has 0 aliphatic rings. The zero-order valence-corrected chi connectivity index (χ0v) is 26.4. The molecule has 0 spiro atoms. The van der Waals surface area contributed by atoms with Crippen LogP contribution in [-0.4, -0.2) is 0 Å². The van der Waals surface area contributed by atoms with Gasteiger partial charge in [-0.15, -0.1) is 0 Å². The van der Waals surface area contributed by atoms with E-state index in [1.54, 1.807) is 0 Å².